The van der Waals surface area contributed by atoms with Gasteiger partial charge in [0, 0.05) is 70.7 Å². The zero-order valence-corrected chi connectivity index (χ0v) is 26.1. The first-order chi connectivity index (χ1) is 20.4. The van der Waals surface area contributed by atoms with Crippen molar-refractivity contribution in [2.45, 2.75) is 39.2 Å². The maximum absolute atomic E-state index is 13.2. The van der Waals surface area contributed by atoms with Crippen molar-refractivity contribution in [1.82, 2.24) is 24.8 Å². The number of aryl methyl sites for hydroxylation is 1. The second-order valence-corrected chi connectivity index (χ2v) is 12.6. The predicted molar refractivity (Wildman–Crippen MR) is 169 cm³/mol. The molecule has 42 heavy (non-hydrogen) atoms. The first-order valence-corrected chi connectivity index (χ1v) is 15.7. The van der Waals surface area contributed by atoms with Crippen molar-refractivity contribution in [3.63, 3.8) is 0 Å². The number of ether oxygens (including phenoxy) is 1. The minimum atomic E-state index is -0.150. The molecule has 0 unspecified atom stereocenters. The number of piperidine rings is 1. The molecule has 3 aliphatic rings. The summed E-state index contributed by atoms with van der Waals surface area (Å²) in [7, 11) is 5.66. The van der Waals surface area contributed by atoms with Gasteiger partial charge < -0.3 is 29.7 Å². The van der Waals surface area contributed by atoms with Gasteiger partial charge in [-0.25, -0.2) is 9.97 Å². The average molecular weight is 592 g/mol. The average Bonchev–Trinajstić information content (AvgIpc) is 3.38. The number of nitrogens with zero attached hydrogens (tertiary/aromatic N) is 8. The summed E-state index contributed by atoms with van der Waals surface area (Å²) >= 11 is 1.52. The number of nitrogens with one attached hydrogen (secondary N) is 1. The molecule has 0 atom stereocenters. The largest absolute Gasteiger partial charge is 0.494 e. The minimum Gasteiger partial charge on any atom is -0.494 e. The quantitative estimate of drug-likeness (QED) is 0.428. The Balaban J connectivity index is 1.21. The van der Waals surface area contributed by atoms with Gasteiger partial charge in [-0.05, 0) is 45.4 Å². The van der Waals surface area contributed by atoms with Crippen LogP contribution in [0.4, 0.5) is 33.8 Å². The van der Waals surface area contributed by atoms with E-state index in [0.29, 0.717) is 35.7 Å². The number of rotatable bonds is 7. The van der Waals surface area contributed by atoms with Gasteiger partial charge in [0.1, 0.15) is 16.4 Å². The van der Waals surface area contributed by atoms with E-state index in [2.05, 4.69) is 61.0 Å². The van der Waals surface area contributed by atoms with Crippen molar-refractivity contribution in [2.24, 2.45) is 0 Å². The lowest BCUT2D eigenvalue weighted by Gasteiger charge is -2.42. The topological polar surface area (TPSA) is 93.2 Å². The highest BCUT2D eigenvalue weighted by Crippen LogP contribution is 2.42. The second kappa shape index (κ2) is 12.0. The molecule has 2 aromatic heterocycles. The summed E-state index contributed by atoms with van der Waals surface area (Å²) in [6.45, 7) is 11.5. The number of likely N-dealkylation sites (N-methyl/N-ethyl adjacent to an activating group) is 1. The van der Waals surface area contributed by atoms with E-state index in [4.69, 9.17) is 9.72 Å². The van der Waals surface area contributed by atoms with Gasteiger partial charge in [-0.15, -0.1) is 11.3 Å². The smallest absolute Gasteiger partial charge is 0.279 e. The van der Waals surface area contributed by atoms with Crippen LogP contribution in [0.3, 0.4) is 0 Å². The third kappa shape index (κ3) is 5.50. The molecular formula is C30H41N9O2S. The molecule has 2 saturated heterocycles. The van der Waals surface area contributed by atoms with Gasteiger partial charge in [-0.3, -0.25) is 9.69 Å². The van der Waals surface area contributed by atoms with Gasteiger partial charge in [0.15, 0.2) is 11.5 Å². The van der Waals surface area contributed by atoms with Crippen LogP contribution in [-0.2, 0) is 0 Å². The molecule has 5 heterocycles. The third-order valence-electron chi connectivity index (χ3n) is 8.60. The second-order valence-electron chi connectivity index (χ2n) is 11.4. The van der Waals surface area contributed by atoms with E-state index in [0.717, 1.165) is 54.0 Å². The molecule has 0 aliphatic carbocycles. The van der Waals surface area contributed by atoms with Gasteiger partial charge in [-0.1, -0.05) is 6.92 Å². The Hall–Kier alpha value is -3.48. The fourth-order valence-corrected chi connectivity index (χ4v) is 7.11. The number of piperazine rings is 1. The standard InChI is InChI=1S/C30H41N9O2S/c1-6-11-39-27-24(36(4)28(40)26-29(39)42-20(2)32-26)19-31-30(34-27)33-23-8-7-22(18-25(23)41-5)37-12-9-21(10-13-37)38-16-14-35(3)15-17-38/h7-8,18-19,21H,6,9-17H2,1-5H3,(H,31,33,34). The van der Waals surface area contributed by atoms with Gasteiger partial charge >= 0.3 is 0 Å². The van der Waals surface area contributed by atoms with Crippen LogP contribution in [0, 0.1) is 6.92 Å². The van der Waals surface area contributed by atoms with E-state index in [1.165, 1.54) is 43.0 Å². The van der Waals surface area contributed by atoms with Crippen LogP contribution in [0.15, 0.2) is 24.4 Å². The Morgan fingerprint density at radius 2 is 1.83 bits per heavy atom. The highest BCUT2D eigenvalue weighted by atomic mass is 32.1. The maximum atomic E-state index is 13.2. The Morgan fingerprint density at radius 3 is 2.55 bits per heavy atom. The zero-order valence-electron chi connectivity index (χ0n) is 25.3. The van der Waals surface area contributed by atoms with E-state index in [-0.39, 0.29) is 5.91 Å². The Kier molecular flexibility index (Phi) is 8.19. The summed E-state index contributed by atoms with van der Waals surface area (Å²) in [5.74, 6) is 1.72. The summed E-state index contributed by atoms with van der Waals surface area (Å²) in [5.41, 5.74) is 3.08. The predicted octanol–water partition coefficient (Wildman–Crippen LogP) is 4.35. The molecule has 0 spiro atoms. The van der Waals surface area contributed by atoms with E-state index >= 15 is 0 Å². The number of methoxy groups -OCH3 is 1. The van der Waals surface area contributed by atoms with Crippen LogP contribution in [0.1, 0.15) is 41.7 Å². The van der Waals surface area contributed by atoms with E-state index < -0.39 is 0 Å². The van der Waals surface area contributed by atoms with Gasteiger partial charge in [0.25, 0.3) is 5.91 Å². The van der Waals surface area contributed by atoms with Gasteiger partial charge in [-0.2, -0.15) is 4.98 Å². The molecule has 3 aromatic rings. The lowest BCUT2D eigenvalue weighted by Crippen LogP contribution is -2.52. The van der Waals surface area contributed by atoms with Crippen LogP contribution in [0.2, 0.25) is 0 Å². The fraction of sp³-hybridized carbons (Fsp3) is 0.533. The molecular weight excluding hydrogens is 550 g/mol. The van der Waals surface area contributed by atoms with Crippen LogP contribution >= 0.6 is 11.3 Å². The molecule has 1 amide bonds. The molecule has 1 aromatic carbocycles. The van der Waals surface area contributed by atoms with Crippen LogP contribution in [-0.4, -0.2) is 104 Å². The summed E-state index contributed by atoms with van der Waals surface area (Å²) in [6.07, 6.45) is 4.96. The van der Waals surface area contributed by atoms with Gasteiger partial charge in [0.2, 0.25) is 5.95 Å². The van der Waals surface area contributed by atoms with Crippen molar-refractivity contribution in [1.29, 1.82) is 0 Å². The SMILES string of the molecule is CCCN1c2nc(Nc3ccc(N4CCC(N5CCN(C)CC5)CC4)cc3OC)ncc2N(C)C(=O)c2nc(C)sc21. The van der Waals surface area contributed by atoms with E-state index in [1.54, 1.807) is 25.3 Å². The highest BCUT2D eigenvalue weighted by molar-refractivity contribution is 7.16. The first-order valence-electron chi connectivity index (χ1n) is 14.9. The number of benzene rings is 1. The number of hydrogen-bond acceptors (Lipinski definition) is 11. The van der Waals surface area contributed by atoms with Crippen molar-refractivity contribution in [2.75, 3.05) is 87.0 Å². The minimum absolute atomic E-state index is 0.150. The maximum Gasteiger partial charge on any atom is 0.279 e. The van der Waals surface area contributed by atoms with Crippen LogP contribution in [0.5, 0.6) is 5.75 Å². The summed E-state index contributed by atoms with van der Waals surface area (Å²) < 4.78 is 5.82. The Bertz CT molecular complexity index is 1430. The molecule has 3 aliphatic heterocycles. The molecule has 11 nitrogen and oxygen atoms in total. The number of amides is 1. The lowest BCUT2D eigenvalue weighted by molar-refractivity contribution is 0.0982. The summed E-state index contributed by atoms with van der Waals surface area (Å²) in [6, 6.07) is 6.96. The zero-order chi connectivity index (χ0) is 29.4. The normalized spacial score (nSPS) is 18.6. The van der Waals surface area contributed by atoms with E-state index in [9.17, 15) is 4.79 Å². The third-order valence-corrected chi connectivity index (χ3v) is 9.59. The van der Waals surface area contributed by atoms with Crippen molar-refractivity contribution in [3.05, 3.63) is 35.1 Å². The summed E-state index contributed by atoms with van der Waals surface area (Å²) in [5, 5.41) is 5.06. The number of thiazole rings is 1. The molecule has 0 bridgehead atoms. The van der Waals surface area contributed by atoms with Gasteiger partial charge in [0.05, 0.1) is 24.0 Å². The van der Waals surface area contributed by atoms with Crippen molar-refractivity contribution < 1.29 is 9.53 Å². The molecule has 6 rings (SSSR count). The number of carbonyl (C=O) groups excluding carboxylic acids is 1. The first kappa shape index (κ1) is 28.6. The summed E-state index contributed by atoms with van der Waals surface area (Å²) in [4.78, 5) is 38.5. The fourth-order valence-electron chi connectivity index (χ4n) is 6.17. The van der Waals surface area contributed by atoms with E-state index in [1.807, 2.05) is 13.0 Å². The molecule has 2 fully saturated rings. The number of fused-ring (bicyclic) bond motifs is 2. The molecule has 224 valence electrons. The van der Waals surface area contributed by atoms with Crippen LogP contribution < -0.4 is 24.8 Å². The Morgan fingerprint density at radius 1 is 1.07 bits per heavy atom. The highest BCUT2D eigenvalue weighted by Gasteiger charge is 2.34. The Labute approximate surface area is 252 Å². The molecule has 0 saturated carbocycles. The molecule has 12 heteroatoms. The van der Waals surface area contributed by atoms with Crippen molar-refractivity contribution >= 4 is 51.1 Å². The number of hydrogen-bond donors (Lipinski definition) is 1. The number of carbonyl (C=O) groups is 1. The van der Waals surface area contributed by atoms with Crippen LogP contribution in [0.25, 0.3) is 0 Å². The monoisotopic (exact) mass is 591 g/mol. The number of anilines is 6. The molecule has 1 N–H and O–H groups in total. The lowest BCUT2D eigenvalue weighted by atomic mass is 10.0. The number of aromatic nitrogens is 3. The molecule has 0 radical (unpaired) electrons. The van der Waals surface area contributed by atoms with Crippen molar-refractivity contribution in [3.8, 4) is 5.75 Å².